The number of esters is 1. The molecule has 1 rings (SSSR count). The van der Waals surface area contributed by atoms with Crippen LogP contribution >= 0.6 is 0 Å². The molecule has 1 aliphatic rings. The van der Waals surface area contributed by atoms with Crippen molar-refractivity contribution in [2.45, 2.75) is 13.3 Å². The molecule has 80 valence electrons. The molecule has 5 nitrogen and oxygen atoms in total. The number of rotatable bonds is 1. The second-order valence-corrected chi connectivity index (χ2v) is 2.98. The fourth-order valence-electron chi connectivity index (χ4n) is 1.27. The number of carbonyl (C=O) groups is 2. The van der Waals surface area contributed by atoms with Crippen LogP contribution in [0.3, 0.4) is 0 Å². The van der Waals surface area contributed by atoms with Gasteiger partial charge in [-0.05, 0) is 13.3 Å². The van der Waals surface area contributed by atoms with Gasteiger partial charge in [0.15, 0.2) is 0 Å². The van der Waals surface area contributed by atoms with E-state index in [4.69, 9.17) is 4.74 Å². The third-order valence-electron chi connectivity index (χ3n) is 1.96. The van der Waals surface area contributed by atoms with E-state index in [1.807, 2.05) is 0 Å². The topological polar surface area (TPSA) is 55.8 Å². The zero-order valence-electron chi connectivity index (χ0n) is 8.32. The van der Waals surface area contributed by atoms with Gasteiger partial charge in [-0.25, -0.2) is 4.79 Å². The van der Waals surface area contributed by atoms with E-state index in [1.54, 1.807) is 6.92 Å². The first-order valence-corrected chi connectivity index (χ1v) is 4.79. The molecule has 1 saturated heterocycles. The van der Waals surface area contributed by atoms with Gasteiger partial charge in [-0.1, -0.05) is 0 Å². The van der Waals surface area contributed by atoms with Crippen molar-refractivity contribution in [1.82, 2.24) is 4.90 Å². The molecule has 1 amide bonds. The van der Waals surface area contributed by atoms with Gasteiger partial charge in [-0.3, -0.25) is 4.79 Å². The molecule has 0 saturated carbocycles. The van der Waals surface area contributed by atoms with Gasteiger partial charge in [0.05, 0.1) is 13.2 Å². The van der Waals surface area contributed by atoms with E-state index >= 15 is 0 Å². The lowest BCUT2D eigenvalue weighted by atomic mass is 10.4. The molecule has 0 spiro atoms. The lowest BCUT2D eigenvalue weighted by Gasteiger charge is -2.17. The summed E-state index contributed by atoms with van der Waals surface area (Å²) in [4.78, 5) is 24.0. The zero-order chi connectivity index (χ0) is 10.4. The molecule has 1 heterocycles. The summed E-state index contributed by atoms with van der Waals surface area (Å²) in [5.41, 5.74) is 0. The molecule has 0 aromatic carbocycles. The van der Waals surface area contributed by atoms with Gasteiger partial charge in [-0.2, -0.15) is 0 Å². The van der Waals surface area contributed by atoms with Crippen LogP contribution in [0.25, 0.3) is 0 Å². The van der Waals surface area contributed by atoms with Crippen molar-refractivity contribution >= 4 is 11.9 Å². The molecule has 0 radical (unpaired) electrons. The number of nitrogens with zero attached hydrogens (tertiary/aromatic N) is 1. The minimum absolute atomic E-state index is 0.231. The van der Waals surface area contributed by atoms with Crippen molar-refractivity contribution in [2.75, 3.05) is 32.9 Å². The highest BCUT2D eigenvalue weighted by molar-refractivity contribution is 6.32. The Morgan fingerprint density at radius 3 is 2.86 bits per heavy atom. The van der Waals surface area contributed by atoms with Crippen LogP contribution in [-0.4, -0.2) is 49.7 Å². The summed E-state index contributed by atoms with van der Waals surface area (Å²) in [6, 6.07) is 0. The summed E-state index contributed by atoms with van der Waals surface area (Å²) < 4.78 is 9.80. The van der Waals surface area contributed by atoms with Gasteiger partial charge in [0.25, 0.3) is 0 Å². The van der Waals surface area contributed by atoms with E-state index in [0.29, 0.717) is 26.3 Å². The predicted molar refractivity (Wildman–Crippen MR) is 48.6 cm³/mol. The summed E-state index contributed by atoms with van der Waals surface area (Å²) in [5.74, 6) is -1.33. The Morgan fingerprint density at radius 2 is 2.14 bits per heavy atom. The fourth-order valence-corrected chi connectivity index (χ4v) is 1.27. The van der Waals surface area contributed by atoms with E-state index in [2.05, 4.69) is 4.74 Å². The maximum absolute atomic E-state index is 11.4. The monoisotopic (exact) mass is 201 g/mol. The molecule has 0 unspecified atom stereocenters. The van der Waals surface area contributed by atoms with E-state index in [0.717, 1.165) is 6.42 Å². The lowest BCUT2D eigenvalue weighted by Crippen LogP contribution is -2.39. The Hall–Kier alpha value is -1.10. The SMILES string of the molecule is CCOC(=O)C(=O)N1CCCOCC1. The smallest absolute Gasteiger partial charge is 0.397 e. The highest BCUT2D eigenvalue weighted by atomic mass is 16.5. The second-order valence-electron chi connectivity index (χ2n) is 2.98. The average molecular weight is 201 g/mol. The molecule has 5 heteroatoms. The van der Waals surface area contributed by atoms with E-state index in [1.165, 1.54) is 4.90 Å². The molecule has 1 aliphatic heterocycles. The standard InChI is InChI=1S/C9H15NO4/c1-2-14-9(12)8(11)10-4-3-6-13-7-5-10/h2-7H2,1H3. The third-order valence-corrected chi connectivity index (χ3v) is 1.96. The third kappa shape index (κ3) is 2.99. The second kappa shape index (κ2) is 5.59. The Morgan fingerprint density at radius 1 is 1.36 bits per heavy atom. The van der Waals surface area contributed by atoms with Crippen molar-refractivity contribution in [3.05, 3.63) is 0 Å². The summed E-state index contributed by atoms with van der Waals surface area (Å²) in [6.45, 7) is 4.08. The molecule has 0 N–H and O–H groups in total. The average Bonchev–Trinajstić information content (AvgIpc) is 2.45. The molecular formula is C9H15NO4. The quantitative estimate of drug-likeness (QED) is 0.435. The first-order valence-electron chi connectivity index (χ1n) is 4.79. The minimum Gasteiger partial charge on any atom is -0.459 e. The van der Waals surface area contributed by atoms with Gasteiger partial charge in [0.1, 0.15) is 0 Å². The van der Waals surface area contributed by atoms with Crippen molar-refractivity contribution in [2.24, 2.45) is 0 Å². The molecule has 0 aromatic rings. The van der Waals surface area contributed by atoms with Crippen molar-refractivity contribution in [1.29, 1.82) is 0 Å². The van der Waals surface area contributed by atoms with Crippen molar-refractivity contribution in [3.63, 3.8) is 0 Å². The normalized spacial score (nSPS) is 17.4. The molecule has 0 aromatic heterocycles. The number of hydrogen-bond donors (Lipinski definition) is 0. The first kappa shape index (κ1) is 11.0. The maximum Gasteiger partial charge on any atom is 0.397 e. The van der Waals surface area contributed by atoms with E-state index in [-0.39, 0.29) is 6.61 Å². The maximum atomic E-state index is 11.4. The molecule has 0 atom stereocenters. The number of carbonyl (C=O) groups excluding carboxylic acids is 2. The number of amides is 1. The molecule has 0 aliphatic carbocycles. The van der Waals surface area contributed by atoms with Crippen LogP contribution in [0.1, 0.15) is 13.3 Å². The van der Waals surface area contributed by atoms with Crippen LogP contribution in [0.2, 0.25) is 0 Å². The van der Waals surface area contributed by atoms with E-state index in [9.17, 15) is 9.59 Å². The van der Waals surface area contributed by atoms with Crippen molar-refractivity contribution < 1.29 is 19.1 Å². The van der Waals surface area contributed by atoms with Crippen LogP contribution < -0.4 is 0 Å². The van der Waals surface area contributed by atoms with Crippen LogP contribution in [0, 0.1) is 0 Å². The fraction of sp³-hybridized carbons (Fsp3) is 0.778. The Bertz CT molecular complexity index is 209. The summed E-state index contributed by atoms with van der Waals surface area (Å²) >= 11 is 0. The highest BCUT2D eigenvalue weighted by Gasteiger charge is 2.23. The molecule has 14 heavy (non-hydrogen) atoms. The van der Waals surface area contributed by atoms with Crippen LogP contribution in [-0.2, 0) is 19.1 Å². The number of hydrogen-bond acceptors (Lipinski definition) is 4. The van der Waals surface area contributed by atoms with Gasteiger partial charge < -0.3 is 14.4 Å². The van der Waals surface area contributed by atoms with Gasteiger partial charge in [0.2, 0.25) is 0 Å². The minimum atomic E-state index is -0.769. The molecular weight excluding hydrogens is 186 g/mol. The van der Waals surface area contributed by atoms with Crippen molar-refractivity contribution in [3.8, 4) is 0 Å². The molecule has 1 fully saturated rings. The summed E-state index contributed by atoms with van der Waals surface area (Å²) in [6.07, 6.45) is 0.769. The van der Waals surface area contributed by atoms with Gasteiger partial charge in [0, 0.05) is 19.7 Å². The van der Waals surface area contributed by atoms with Gasteiger partial charge >= 0.3 is 11.9 Å². The predicted octanol–water partition coefficient (Wildman–Crippen LogP) is -0.202. The van der Waals surface area contributed by atoms with E-state index < -0.39 is 11.9 Å². The first-order chi connectivity index (χ1) is 6.75. The Kier molecular flexibility index (Phi) is 4.39. The van der Waals surface area contributed by atoms with Crippen LogP contribution in [0.4, 0.5) is 0 Å². The summed E-state index contributed by atoms with van der Waals surface area (Å²) in [7, 11) is 0. The Balaban J connectivity index is 2.45. The largest absolute Gasteiger partial charge is 0.459 e. The highest BCUT2D eigenvalue weighted by Crippen LogP contribution is 2.00. The lowest BCUT2D eigenvalue weighted by molar-refractivity contribution is -0.159. The van der Waals surface area contributed by atoms with Gasteiger partial charge in [-0.15, -0.1) is 0 Å². The summed E-state index contributed by atoms with van der Waals surface area (Å²) in [5, 5.41) is 0. The van der Waals surface area contributed by atoms with Crippen LogP contribution in [0.5, 0.6) is 0 Å². The molecule has 0 bridgehead atoms. The van der Waals surface area contributed by atoms with Crippen LogP contribution in [0.15, 0.2) is 0 Å². The number of ether oxygens (including phenoxy) is 2. The Labute approximate surface area is 83.0 Å². The zero-order valence-corrected chi connectivity index (χ0v) is 8.32.